The highest BCUT2D eigenvalue weighted by Gasteiger charge is 2.35. The van der Waals surface area contributed by atoms with Crippen molar-refractivity contribution < 1.29 is 14.3 Å². The minimum absolute atomic E-state index is 0.0133. The third-order valence-corrected chi connectivity index (χ3v) is 3.47. The number of halogens is 1. The number of furan rings is 1. The molecule has 0 aliphatic heterocycles. The van der Waals surface area contributed by atoms with Gasteiger partial charge in [0.15, 0.2) is 10.4 Å². The van der Waals surface area contributed by atoms with Crippen molar-refractivity contribution in [2.75, 3.05) is 6.61 Å². The number of hydrogen-bond acceptors (Lipinski definition) is 3. The molecule has 1 aliphatic rings. The first-order chi connectivity index (χ1) is 7.65. The van der Waals surface area contributed by atoms with Crippen LogP contribution in [0.25, 0.3) is 0 Å². The highest BCUT2D eigenvalue weighted by atomic mass is 79.9. The molecule has 2 rings (SSSR count). The molecular weight excluding hydrogens is 274 g/mol. The number of hydrogen-bond donors (Lipinski definition) is 2. The molecule has 16 heavy (non-hydrogen) atoms. The van der Waals surface area contributed by atoms with E-state index in [0.717, 1.165) is 25.7 Å². The Bertz CT molecular complexity index is 382. The van der Waals surface area contributed by atoms with Gasteiger partial charge in [-0.2, -0.15) is 0 Å². The van der Waals surface area contributed by atoms with Crippen LogP contribution in [0.4, 0.5) is 0 Å². The molecule has 1 aromatic rings. The van der Waals surface area contributed by atoms with Crippen molar-refractivity contribution in [3.8, 4) is 0 Å². The van der Waals surface area contributed by atoms with Gasteiger partial charge in [0.2, 0.25) is 0 Å². The third-order valence-electron chi connectivity index (χ3n) is 3.04. The number of aliphatic hydroxyl groups excluding tert-OH is 1. The smallest absolute Gasteiger partial charge is 0.287 e. The van der Waals surface area contributed by atoms with Gasteiger partial charge in [0.1, 0.15) is 0 Å². The van der Waals surface area contributed by atoms with Crippen molar-refractivity contribution in [3.05, 3.63) is 22.6 Å². The number of carbonyl (C=O) groups excluding carboxylic acids is 1. The second-order valence-electron chi connectivity index (χ2n) is 4.20. The first kappa shape index (κ1) is 11.7. The van der Waals surface area contributed by atoms with Crippen LogP contribution < -0.4 is 5.32 Å². The SMILES string of the molecule is O=C(NC1(CO)CCCC1)c1ccc(Br)o1. The Labute approximate surface area is 102 Å². The molecule has 1 aliphatic carbocycles. The lowest BCUT2D eigenvalue weighted by atomic mass is 9.99. The summed E-state index contributed by atoms with van der Waals surface area (Å²) in [6, 6.07) is 3.29. The summed E-state index contributed by atoms with van der Waals surface area (Å²) in [5, 5.41) is 12.2. The molecule has 0 aromatic carbocycles. The largest absolute Gasteiger partial charge is 0.444 e. The summed E-state index contributed by atoms with van der Waals surface area (Å²) in [5.74, 6) is 0.00764. The van der Waals surface area contributed by atoms with Crippen LogP contribution >= 0.6 is 15.9 Å². The van der Waals surface area contributed by atoms with Crippen molar-refractivity contribution in [2.45, 2.75) is 31.2 Å². The molecule has 5 heteroatoms. The van der Waals surface area contributed by atoms with E-state index in [1.807, 2.05) is 0 Å². The van der Waals surface area contributed by atoms with Crippen LogP contribution in [0.1, 0.15) is 36.2 Å². The van der Waals surface area contributed by atoms with Gasteiger partial charge < -0.3 is 14.8 Å². The van der Waals surface area contributed by atoms with E-state index in [1.165, 1.54) is 0 Å². The summed E-state index contributed by atoms with van der Waals surface area (Å²) in [6.07, 6.45) is 3.75. The van der Waals surface area contributed by atoms with Gasteiger partial charge in [-0.05, 0) is 40.9 Å². The molecule has 1 heterocycles. The number of aliphatic hydroxyl groups is 1. The van der Waals surface area contributed by atoms with Crippen molar-refractivity contribution in [3.63, 3.8) is 0 Å². The van der Waals surface area contributed by atoms with Gasteiger partial charge in [-0.25, -0.2) is 0 Å². The minimum atomic E-state index is -0.448. The zero-order valence-corrected chi connectivity index (χ0v) is 10.4. The number of nitrogens with one attached hydrogen (secondary N) is 1. The summed E-state index contributed by atoms with van der Waals surface area (Å²) in [4.78, 5) is 11.8. The predicted molar refractivity (Wildman–Crippen MR) is 62.2 cm³/mol. The average Bonchev–Trinajstić information content (AvgIpc) is 2.88. The topological polar surface area (TPSA) is 62.5 Å². The molecule has 0 radical (unpaired) electrons. The predicted octanol–water partition coefficient (Wildman–Crippen LogP) is 2.08. The average molecular weight is 288 g/mol. The molecule has 0 unspecified atom stereocenters. The van der Waals surface area contributed by atoms with Crippen LogP contribution in [-0.2, 0) is 0 Å². The van der Waals surface area contributed by atoms with E-state index >= 15 is 0 Å². The molecule has 1 fully saturated rings. The first-order valence-corrected chi connectivity index (χ1v) is 6.13. The van der Waals surface area contributed by atoms with E-state index < -0.39 is 5.54 Å². The fourth-order valence-corrected chi connectivity index (χ4v) is 2.42. The molecule has 4 nitrogen and oxygen atoms in total. The fourth-order valence-electron chi connectivity index (χ4n) is 2.11. The van der Waals surface area contributed by atoms with E-state index in [4.69, 9.17) is 4.42 Å². The van der Waals surface area contributed by atoms with Gasteiger partial charge in [-0.1, -0.05) is 12.8 Å². The minimum Gasteiger partial charge on any atom is -0.444 e. The standard InChI is InChI=1S/C11H14BrNO3/c12-9-4-3-8(16-9)10(15)13-11(7-14)5-1-2-6-11/h3-4,14H,1-2,5-7H2,(H,13,15). The number of amides is 1. The quantitative estimate of drug-likeness (QED) is 0.895. The van der Waals surface area contributed by atoms with Gasteiger partial charge in [0.05, 0.1) is 12.1 Å². The third kappa shape index (κ3) is 2.30. The maximum atomic E-state index is 11.8. The lowest BCUT2D eigenvalue weighted by Crippen LogP contribution is -2.49. The molecule has 2 N–H and O–H groups in total. The van der Waals surface area contributed by atoms with E-state index in [9.17, 15) is 9.90 Å². The lowest BCUT2D eigenvalue weighted by molar-refractivity contribution is 0.0809. The zero-order chi connectivity index (χ0) is 11.6. The van der Waals surface area contributed by atoms with Crippen LogP contribution in [0.3, 0.4) is 0 Å². The molecule has 0 bridgehead atoms. The number of rotatable bonds is 3. The summed E-state index contributed by atoms with van der Waals surface area (Å²) < 4.78 is 5.70. The first-order valence-electron chi connectivity index (χ1n) is 5.34. The van der Waals surface area contributed by atoms with E-state index in [-0.39, 0.29) is 18.3 Å². The summed E-state index contributed by atoms with van der Waals surface area (Å²) in [7, 11) is 0. The normalized spacial score (nSPS) is 18.6. The van der Waals surface area contributed by atoms with E-state index in [2.05, 4.69) is 21.2 Å². The second-order valence-corrected chi connectivity index (χ2v) is 4.99. The van der Waals surface area contributed by atoms with Crippen LogP contribution in [0.5, 0.6) is 0 Å². The maximum Gasteiger partial charge on any atom is 0.287 e. The van der Waals surface area contributed by atoms with Gasteiger partial charge in [-0.3, -0.25) is 4.79 Å². The van der Waals surface area contributed by atoms with Crippen LogP contribution in [-0.4, -0.2) is 23.2 Å². The van der Waals surface area contributed by atoms with Gasteiger partial charge in [-0.15, -0.1) is 0 Å². The highest BCUT2D eigenvalue weighted by Crippen LogP contribution is 2.29. The lowest BCUT2D eigenvalue weighted by Gasteiger charge is -2.27. The Balaban J connectivity index is 2.06. The molecule has 88 valence electrons. The van der Waals surface area contributed by atoms with Crippen LogP contribution in [0.2, 0.25) is 0 Å². The Hall–Kier alpha value is -0.810. The van der Waals surface area contributed by atoms with Gasteiger partial charge >= 0.3 is 0 Å². The molecule has 0 saturated heterocycles. The van der Waals surface area contributed by atoms with Crippen LogP contribution in [0.15, 0.2) is 21.2 Å². The molecular formula is C11H14BrNO3. The van der Waals surface area contributed by atoms with E-state index in [1.54, 1.807) is 12.1 Å². The number of carbonyl (C=O) groups is 1. The zero-order valence-electron chi connectivity index (χ0n) is 8.83. The molecule has 1 amide bonds. The van der Waals surface area contributed by atoms with Gasteiger partial charge in [0, 0.05) is 0 Å². The Kier molecular flexibility index (Phi) is 3.35. The summed E-state index contributed by atoms with van der Waals surface area (Å²) in [6.45, 7) is -0.0133. The van der Waals surface area contributed by atoms with Crippen molar-refractivity contribution >= 4 is 21.8 Å². The molecule has 1 aromatic heterocycles. The maximum absolute atomic E-state index is 11.8. The second kappa shape index (κ2) is 4.59. The highest BCUT2D eigenvalue weighted by molar-refractivity contribution is 9.10. The Morgan fingerprint density at radius 3 is 2.69 bits per heavy atom. The van der Waals surface area contributed by atoms with Gasteiger partial charge in [0.25, 0.3) is 5.91 Å². The summed E-state index contributed by atoms with van der Waals surface area (Å²) in [5.41, 5.74) is -0.448. The monoisotopic (exact) mass is 287 g/mol. The van der Waals surface area contributed by atoms with Crippen molar-refractivity contribution in [1.82, 2.24) is 5.32 Å². The van der Waals surface area contributed by atoms with Crippen LogP contribution in [0, 0.1) is 0 Å². The van der Waals surface area contributed by atoms with Crippen molar-refractivity contribution in [1.29, 1.82) is 0 Å². The van der Waals surface area contributed by atoms with Crippen molar-refractivity contribution in [2.24, 2.45) is 0 Å². The molecule has 1 saturated carbocycles. The molecule has 0 spiro atoms. The Morgan fingerprint density at radius 2 is 2.19 bits per heavy atom. The fraction of sp³-hybridized carbons (Fsp3) is 0.545. The Morgan fingerprint density at radius 1 is 1.50 bits per heavy atom. The summed E-state index contributed by atoms with van der Waals surface area (Å²) >= 11 is 3.15. The molecule has 0 atom stereocenters. The van der Waals surface area contributed by atoms with E-state index in [0.29, 0.717) is 4.67 Å².